The summed E-state index contributed by atoms with van der Waals surface area (Å²) in [4.78, 5) is 6.90. The first-order chi connectivity index (χ1) is 8.36. The average Bonchev–Trinajstić information content (AvgIpc) is 2.66. The number of hydrogen-bond acceptors (Lipinski definition) is 2. The maximum atomic E-state index is 6.10. The monoisotopic (exact) mass is 383 g/mol. The van der Waals surface area contributed by atoms with Crippen LogP contribution in [0.25, 0.3) is 0 Å². The van der Waals surface area contributed by atoms with E-state index in [1.165, 1.54) is 50.0 Å². The minimum absolute atomic E-state index is 0. The second-order valence-electron chi connectivity index (χ2n) is 5.18. The van der Waals surface area contributed by atoms with Crippen molar-refractivity contribution in [3.63, 3.8) is 0 Å². The smallest absolute Gasteiger partial charge is 0.191 e. The van der Waals surface area contributed by atoms with Crippen LogP contribution in [0.2, 0.25) is 0 Å². The Morgan fingerprint density at radius 2 is 1.89 bits per heavy atom. The van der Waals surface area contributed by atoms with Crippen molar-refractivity contribution in [3.05, 3.63) is 0 Å². The van der Waals surface area contributed by atoms with Gasteiger partial charge < -0.3 is 10.6 Å². The molecule has 0 saturated carbocycles. The Morgan fingerprint density at radius 3 is 2.50 bits per heavy atom. The fourth-order valence-electron chi connectivity index (χ4n) is 2.57. The number of nitrogens with two attached hydrogens (primary N) is 1. The van der Waals surface area contributed by atoms with Gasteiger partial charge in [0, 0.05) is 19.6 Å². The lowest BCUT2D eigenvalue weighted by Gasteiger charge is -2.23. The summed E-state index contributed by atoms with van der Waals surface area (Å²) >= 11 is 2.07. The first-order valence-corrected chi connectivity index (χ1v) is 8.14. The van der Waals surface area contributed by atoms with Crippen LogP contribution in [0.1, 0.15) is 38.5 Å². The topological polar surface area (TPSA) is 41.6 Å². The van der Waals surface area contributed by atoms with Crippen LogP contribution in [-0.4, -0.2) is 42.0 Å². The molecule has 0 radical (unpaired) electrons. The largest absolute Gasteiger partial charge is 0.370 e. The third-order valence-corrected chi connectivity index (χ3v) is 4.98. The number of guanidine groups is 1. The number of aliphatic imine (C=N–C) groups is 1. The summed E-state index contributed by atoms with van der Waals surface area (Å²) in [7, 11) is 0. The molecular formula is C13H26IN3S. The van der Waals surface area contributed by atoms with E-state index in [-0.39, 0.29) is 24.0 Å². The van der Waals surface area contributed by atoms with E-state index in [2.05, 4.69) is 21.7 Å². The lowest BCUT2D eigenvalue weighted by atomic mass is 10.1. The summed E-state index contributed by atoms with van der Waals surface area (Å²) in [5.41, 5.74) is 6.10. The highest BCUT2D eigenvalue weighted by atomic mass is 127. The van der Waals surface area contributed by atoms with Crippen LogP contribution in [0, 0.1) is 5.92 Å². The van der Waals surface area contributed by atoms with Crippen molar-refractivity contribution in [2.24, 2.45) is 16.6 Å². The number of thioether (sulfide) groups is 1. The first-order valence-electron chi connectivity index (χ1n) is 6.99. The second kappa shape index (κ2) is 9.28. The number of rotatable bonds is 2. The highest BCUT2D eigenvalue weighted by Gasteiger charge is 2.15. The van der Waals surface area contributed by atoms with Crippen molar-refractivity contribution in [2.45, 2.75) is 38.5 Å². The van der Waals surface area contributed by atoms with Gasteiger partial charge in [0.05, 0.1) is 0 Å². The van der Waals surface area contributed by atoms with E-state index >= 15 is 0 Å². The molecule has 1 atom stereocenters. The molecule has 2 aliphatic rings. The third kappa shape index (κ3) is 5.55. The van der Waals surface area contributed by atoms with E-state index in [1.807, 2.05) is 0 Å². The average molecular weight is 383 g/mol. The van der Waals surface area contributed by atoms with Gasteiger partial charge in [0.25, 0.3) is 0 Å². The van der Waals surface area contributed by atoms with E-state index in [9.17, 15) is 0 Å². The highest BCUT2D eigenvalue weighted by molar-refractivity contribution is 14.0. The van der Waals surface area contributed by atoms with Crippen molar-refractivity contribution < 1.29 is 0 Å². The second-order valence-corrected chi connectivity index (χ2v) is 6.33. The number of likely N-dealkylation sites (tertiary alicyclic amines) is 1. The standard InChI is InChI=1S/C13H25N3S.HI/c14-13(16-7-3-1-2-4-8-16)15-10-12-6-5-9-17-11-12;/h12H,1-11H2,(H2,14,15);1H. The summed E-state index contributed by atoms with van der Waals surface area (Å²) < 4.78 is 0. The van der Waals surface area contributed by atoms with E-state index in [1.54, 1.807) is 0 Å². The van der Waals surface area contributed by atoms with Crippen LogP contribution < -0.4 is 5.73 Å². The Kier molecular flexibility index (Phi) is 8.46. The Bertz CT molecular complexity index is 247. The molecular weight excluding hydrogens is 357 g/mol. The van der Waals surface area contributed by atoms with Crippen molar-refractivity contribution in [1.29, 1.82) is 0 Å². The van der Waals surface area contributed by atoms with Crippen LogP contribution in [0.3, 0.4) is 0 Å². The fraction of sp³-hybridized carbons (Fsp3) is 0.923. The van der Waals surface area contributed by atoms with Gasteiger partial charge in [0.15, 0.2) is 5.96 Å². The van der Waals surface area contributed by atoms with Gasteiger partial charge in [0.2, 0.25) is 0 Å². The zero-order chi connectivity index (χ0) is 11.9. The van der Waals surface area contributed by atoms with E-state index in [0.717, 1.165) is 31.5 Å². The lowest BCUT2D eigenvalue weighted by Crippen LogP contribution is -2.38. The van der Waals surface area contributed by atoms with Crippen LogP contribution in [0.4, 0.5) is 0 Å². The van der Waals surface area contributed by atoms with Crippen molar-refractivity contribution >= 4 is 41.7 Å². The molecule has 0 spiro atoms. The van der Waals surface area contributed by atoms with Crippen LogP contribution in [0.15, 0.2) is 4.99 Å². The van der Waals surface area contributed by atoms with Crippen LogP contribution in [-0.2, 0) is 0 Å². The Morgan fingerprint density at radius 1 is 1.17 bits per heavy atom. The normalized spacial score (nSPS) is 26.3. The van der Waals surface area contributed by atoms with E-state index in [4.69, 9.17) is 5.73 Å². The number of hydrogen-bond donors (Lipinski definition) is 1. The predicted molar refractivity (Wildman–Crippen MR) is 92.0 cm³/mol. The zero-order valence-corrected chi connectivity index (χ0v) is 14.3. The summed E-state index contributed by atoms with van der Waals surface area (Å²) in [6, 6.07) is 0. The molecule has 5 heteroatoms. The predicted octanol–water partition coefficient (Wildman–Crippen LogP) is 2.94. The molecule has 0 aliphatic carbocycles. The molecule has 2 fully saturated rings. The molecule has 0 aromatic rings. The molecule has 2 heterocycles. The maximum absolute atomic E-state index is 6.10. The fourth-order valence-corrected chi connectivity index (χ4v) is 3.72. The molecule has 2 rings (SSSR count). The molecule has 2 aliphatic heterocycles. The Labute approximate surface area is 132 Å². The molecule has 3 nitrogen and oxygen atoms in total. The van der Waals surface area contributed by atoms with Gasteiger partial charge in [-0.1, -0.05) is 12.8 Å². The summed E-state index contributed by atoms with van der Waals surface area (Å²) in [6.07, 6.45) is 7.94. The van der Waals surface area contributed by atoms with Gasteiger partial charge in [-0.05, 0) is 43.1 Å². The van der Waals surface area contributed by atoms with Crippen LogP contribution in [0.5, 0.6) is 0 Å². The van der Waals surface area contributed by atoms with Gasteiger partial charge in [-0.15, -0.1) is 24.0 Å². The van der Waals surface area contributed by atoms with Crippen molar-refractivity contribution in [1.82, 2.24) is 4.90 Å². The zero-order valence-electron chi connectivity index (χ0n) is 11.1. The molecule has 2 saturated heterocycles. The van der Waals surface area contributed by atoms with Crippen molar-refractivity contribution in [2.75, 3.05) is 31.1 Å². The molecule has 0 amide bonds. The molecule has 106 valence electrons. The molecule has 1 unspecified atom stereocenters. The van der Waals surface area contributed by atoms with Gasteiger partial charge >= 0.3 is 0 Å². The number of halogens is 1. The van der Waals surface area contributed by atoms with Crippen molar-refractivity contribution in [3.8, 4) is 0 Å². The maximum Gasteiger partial charge on any atom is 0.191 e. The molecule has 2 N–H and O–H groups in total. The molecule has 0 aromatic heterocycles. The quantitative estimate of drug-likeness (QED) is 0.453. The number of nitrogens with zero attached hydrogens (tertiary/aromatic N) is 2. The van der Waals surface area contributed by atoms with Crippen LogP contribution >= 0.6 is 35.7 Å². The Balaban J connectivity index is 0.00000162. The molecule has 18 heavy (non-hydrogen) atoms. The minimum atomic E-state index is 0. The van der Waals surface area contributed by atoms with E-state index in [0.29, 0.717) is 0 Å². The molecule has 0 bridgehead atoms. The third-order valence-electron chi connectivity index (χ3n) is 3.70. The van der Waals surface area contributed by atoms with Gasteiger partial charge in [0.1, 0.15) is 0 Å². The Hall–Kier alpha value is 0.350. The van der Waals surface area contributed by atoms with Gasteiger partial charge in [-0.2, -0.15) is 11.8 Å². The van der Waals surface area contributed by atoms with Gasteiger partial charge in [-0.3, -0.25) is 4.99 Å². The van der Waals surface area contributed by atoms with Gasteiger partial charge in [-0.25, -0.2) is 0 Å². The first kappa shape index (κ1) is 16.4. The summed E-state index contributed by atoms with van der Waals surface area (Å²) in [6.45, 7) is 3.15. The SMILES string of the molecule is I.NC(=NCC1CCCSC1)N1CCCCCC1. The summed E-state index contributed by atoms with van der Waals surface area (Å²) in [5, 5.41) is 0. The summed E-state index contributed by atoms with van der Waals surface area (Å²) in [5.74, 6) is 4.17. The van der Waals surface area contributed by atoms with E-state index < -0.39 is 0 Å². The highest BCUT2D eigenvalue weighted by Crippen LogP contribution is 2.22. The lowest BCUT2D eigenvalue weighted by molar-refractivity contribution is 0.425. The minimum Gasteiger partial charge on any atom is -0.370 e. The molecule has 0 aromatic carbocycles.